The molecule has 0 radical (unpaired) electrons. The maximum absolute atomic E-state index is 12.9. The lowest BCUT2D eigenvalue weighted by Crippen LogP contribution is -2.39. The van der Waals surface area contributed by atoms with E-state index in [1.807, 2.05) is 35.2 Å². The molecule has 0 bridgehead atoms. The molecule has 1 saturated heterocycles. The molecule has 1 aliphatic heterocycles. The van der Waals surface area contributed by atoms with Crippen LogP contribution < -0.4 is 5.69 Å². The Morgan fingerprint density at radius 1 is 1.04 bits per heavy atom. The highest BCUT2D eigenvalue weighted by Gasteiger charge is 2.31. The fourth-order valence-corrected chi connectivity index (χ4v) is 4.40. The number of para-hydroxylation sites is 1. The van der Waals surface area contributed by atoms with Gasteiger partial charge in [-0.1, -0.05) is 18.2 Å². The van der Waals surface area contributed by atoms with Gasteiger partial charge in [0.05, 0.1) is 5.69 Å². The molecule has 1 amide bonds. The van der Waals surface area contributed by atoms with E-state index in [1.165, 1.54) is 0 Å². The van der Waals surface area contributed by atoms with Crippen LogP contribution in [-0.2, 0) is 12.8 Å². The van der Waals surface area contributed by atoms with Gasteiger partial charge in [-0.2, -0.15) is 10.2 Å². The first kappa shape index (κ1) is 17.0. The summed E-state index contributed by atoms with van der Waals surface area (Å²) in [5, 5.41) is 14.2. The molecule has 1 aliphatic carbocycles. The maximum Gasteiger partial charge on any atom is 0.347 e. The summed E-state index contributed by atoms with van der Waals surface area (Å²) >= 11 is 0. The highest BCUT2D eigenvalue weighted by molar-refractivity contribution is 5.94. The van der Waals surface area contributed by atoms with Crippen LogP contribution in [0.15, 0.2) is 35.1 Å². The number of hydrogen-bond donors (Lipinski definition) is 2. The van der Waals surface area contributed by atoms with E-state index < -0.39 is 0 Å². The molecule has 8 heteroatoms. The van der Waals surface area contributed by atoms with E-state index in [2.05, 4.69) is 20.4 Å². The molecule has 3 aromatic rings. The van der Waals surface area contributed by atoms with Crippen molar-refractivity contribution in [1.29, 1.82) is 0 Å². The second kappa shape index (κ2) is 6.78. The number of H-pyrrole nitrogens is 2. The molecule has 2 aromatic heterocycles. The summed E-state index contributed by atoms with van der Waals surface area (Å²) in [6.45, 7) is 1.28. The van der Waals surface area contributed by atoms with Crippen molar-refractivity contribution in [2.75, 3.05) is 13.1 Å². The standard InChI is InChI=1S/C20H22N6O2/c27-19(17-15-7-4-8-16(15)21-22-17)25-11-9-13(10-12-25)18-23-24-20(28)26(18)14-5-2-1-3-6-14/h1-3,5-6,13H,4,7-12H2,(H,21,22)(H,24,28). The normalized spacial score (nSPS) is 17.1. The van der Waals surface area contributed by atoms with E-state index in [4.69, 9.17) is 0 Å². The number of carbonyl (C=O) groups excluding carboxylic acids is 1. The van der Waals surface area contributed by atoms with Crippen LogP contribution in [0, 0.1) is 0 Å². The lowest BCUT2D eigenvalue weighted by molar-refractivity contribution is 0.0703. The Balaban J connectivity index is 1.33. The Morgan fingerprint density at radius 3 is 2.61 bits per heavy atom. The summed E-state index contributed by atoms with van der Waals surface area (Å²) < 4.78 is 1.64. The van der Waals surface area contributed by atoms with Gasteiger partial charge in [-0.15, -0.1) is 0 Å². The molecule has 0 atom stereocenters. The van der Waals surface area contributed by atoms with Crippen molar-refractivity contribution in [2.45, 2.75) is 38.0 Å². The molecule has 0 saturated carbocycles. The Morgan fingerprint density at radius 2 is 1.82 bits per heavy atom. The number of fused-ring (bicyclic) bond motifs is 1. The summed E-state index contributed by atoms with van der Waals surface area (Å²) in [5.41, 5.74) is 3.37. The molecule has 8 nitrogen and oxygen atoms in total. The summed E-state index contributed by atoms with van der Waals surface area (Å²) in [5.74, 6) is 0.886. The molecule has 2 aliphatic rings. The van der Waals surface area contributed by atoms with E-state index in [0.29, 0.717) is 18.8 Å². The van der Waals surface area contributed by atoms with Crippen molar-refractivity contribution in [3.05, 3.63) is 63.6 Å². The van der Waals surface area contributed by atoms with Crippen molar-refractivity contribution in [3.63, 3.8) is 0 Å². The van der Waals surface area contributed by atoms with Crippen LogP contribution in [0.1, 0.15) is 52.8 Å². The van der Waals surface area contributed by atoms with E-state index >= 15 is 0 Å². The van der Waals surface area contributed by atoms with Gasteiger partial charge < -0.3 is 4.90 Å². The molecular weight excluding hydrogens is 356 g/mol. The average Bonchev–Trinajstić information content (AvgIpc) is 3.44. The number of piperidine rings is 1. The van der Waals surface area contributed by atoms with Crippen molar-refractivity contribution in [2.24, 2.45) is 0 Å². The molecule has 1 aromatic carbocycles. The molecule has 144 valence electrons. The van der Waals surface area contributed by atoms with Crippen molar-refractivity contribution in [1.82, 2.24) is 29.9 Å². The summed E-state index contributed by atoms with van der Waals surface area (Å²) in [7, 11) is 0. The first-order valence-corrected chi connectivity index (χ1v) is 9.80. The van der Waals surface area contributed by atoms with Gasteiger partial charge in [-0.25, -0.2) is 14.5 Å². The molecule has 2 N–H and O–H groups in total. The number of carbonyl (C=O) groups is 1. The monoisotopic (exact) mass is 378 g/mol. The Labute approximate surface area is 161 Å². The third kappa shape index (κ3) is 2.76. The third-order valence-corrected chi connectivity index (χ3v) is 5.87. The minimum Gasteiger partial charge on any atom is -0.337 e. The number of likely N-dealkylation sites (tertiary alicyclic amines) is 1. The van der Waals surface area contributed by atoms with E-state index in [9.17, 15) is 9.59 Å². The van der Waals surface area contributed by atoms with Crippen LogP contribution in [0.3, 0.4) is 0 Å². The van der Waals surface area contributed by atoms with E-state index in [-0.39, 0.29) is 17.5 Å². The molecule has 28 heavy (non-hydrogen) atoms. The smallest absolute Gasteiger partial charge is 0.337 e. The third-order valence-electron chi connectivity index (χ3n) is 5.87. The average molecular weight is 378 g/mol. The molecule has 0 spiro atoms. The predicted molar refractivity (Wildman–Crippen MR) is 103 cm³/mol. The van der Waals surface area contributed by atoms with Crippen LogP contribution in [0.4, 0.5) is 0 Å². The van der Waals surface area contributed by atoms with Gasteiger partial charge in [0.2, 0.25) is 0 Å². The number of benzene rings is 1. The van der Waals surface area contributed by atoms with Gasteiger partial charge in [0.25, 0.3) is 5.91 Å². The van der Waals surface area contributed by atoms with Gasteiger partial charge in [-0.3, -0.25) is 9.89 Å². The number of aromatic nitrogens is 5. The van der Waals surface area contributed by atoms with Crippen LogP contribution in [-0.4, -0.2) is 48.9 Å². The van der Waals surface area contributed by atoms with Gasteiger partial charge >= 0.3 is 5.69 Å². The van der Waals surface area contributed by atoms with E-state index in [1.54, 1.807) is 4.57 Å². The fraction of sp³-hybridized carbons (Fsp3) is 0.400. The Kier molecular flexibility index (Phi) is 4.11. The highest BCUT2D eigenvalue weighted by atomic mass is 16.2. The van der Waals surface area contributed by atoms with Crippen molar-refractivity contribution >= 4 is 5.91 Å². The van der Waals surface area contributed by atoms with Crippen molar-refractivity contribution in [3.8, 4) is 5.69 Å². The fourth-order valence-electron chi connectivity index (χ4n) is 4.40. The van der Waals surface area contributed by atoms with Gasteiger partial charge in [-0.05, 0) is 44.2 Å². The predicted octanol–water partition coefficient (Wildman–Crippen LogP) is 1.79. The number of nitrogens with one attached hydrogen (secondary N) is 2. The minimum atomic E-state index is -0.230. The summed E-state index contributed by atoms with van der Waals surface area (Å²) in [6, 6.07) is 9.53. The quantitative estimate of drug-likeness (QED) is 0.726. The van der Waals surface area contributed by atoms with Crippen LogP contribution in [0.5, 0.6) is 0 Å². The van der Waals surface area contributed by atoms with Gasteiger partial charge in [0.15, 0.2) is 5.69 Å². The molecule has 3 heterocycles. The molecule has 1 fully saturated rings. The molecule has 0 unspecified atom stereocenters. The zero-order chi connectivity index (χ0) is 19.1. The summed E-state index contributed by atoms with van der Waals surface area (Å²) in [4.78, 5) is 27.1. The Hall–Kier alpha value is -3.16. The number of amides is 1. The van der Waals surface area contributed by atoms with E-state index in [0.717, 1.165) is 54.9 Å². The SMILES string of the molecule is O=C(c1n[nH]c2c1CCC2)N1CCC(c2n[nH]c(=O)n2-c2ccccc2)CC1. The Bertz CT molecular complexity index is 1060. The molecular formula is C20H22N6O2. The zero-order valence-corrected chi connectivity index (χ0v) is 15.5. The number of aromatic amines is 2. The van der Waals surface area contributed by atoms with Crippen LogP contribution >= 0.6 is 0 Å². The largest absolute Gasteiger partial charge is 0.347 e. The van der Waals surface area contributed by atoms with Gasteiger partial charge in [0, 0.05) is 30.3 Å². The topological polar surface area (TPSA) is 99.7 Å². The zero-order valence-electron chi connectivity index (χ0n) is 15.5. The van der Waals surface area contributed by atoms with Crippen LogP contribution in [0.2, 0.25) is 0 Å². The maximum atomic E-state index is 12.9. The number of nitrogens with zero attached hydrogens (tertiary/aromatic N) is 4. The summed E-state index contributed by atoms with van der Waals surface area (Å²) in [6.07, 6.45) is 4.54. The first-order valence-electron chi connectivity index (χ1n) is 9.80. The first-order chi connectivity index (χ1) is 13.7. The van der Waals surface area contributed by atoms with Crippen molar-refractivity contribution < 1.29 is 4.79 Å². The number of hydrogen-bond acceptors (Lipinski definition) is 4. The second-order valence-electron chi connectivity index (χ2n) is 7.51. The minimum absolute atomic E-state index is 0.0142. The molecule has 5 rings (SSSR count). The lowest BCUT2D eigenvalue weighted by atomic mass is 9.95. The lowest BCUT2D eigenvalue weighted by Gasteiger charge is -2.31. The van der Waals surface area contributed by atoms with Gasteiger partial charge in [0.1, 0.15) is 5.82 Å². The number of aryl methyl sites for hydroxylation is 1. The second-order valence-corrected chi connectivity index (χ2v) is 7.51. The highest BCUT2D eigenvalue weighted by Crippen LogP contribution is 2.29. The van der Waals surface area contributed by atoms with Crippen LogP contribution in [0.25, 0.3) is 5.69 Å². The number of rotatable bonds is 3.